The van der Waals surface area contributed by atoms with E-state index in [1.807, 2.05) is 24.3 Å². The third-order valence-electron chi connectivity index (χ3n) is 7.49. The van der Waals surface area contributed by atoms with Gasteiger partial charge in [0.15, 0.2) is 0 Å². The summed E-state index contributed by atoms with van der Waals surface area (Å²) < 4.78 is 21.6. The number of fused-ring (bicyclic) bond motifs is 1. The summed E-state index contributed by atoms with van der Waals surface area (Å²) >= 11 is 0. The molecule has 3 aromatic rings. The summed E-state index contributed by atoms with van der Waals surface area (Å²) in [6, 6.07) is 17.0. The average Bonchev–Trinajstić information content (AvgIpc) is 3.10. The summed E-state index contributed by atoms with van der Waals surface area (Å²) in [5.41, 5.74) is 4.43. The van der Waals surface area contributed by atoms with Crippen LogP contribution in [-0.4, -0.2) is 71.4 Å². The van der Waals surface area contributed by atoms with Crippen molar-refractivity contribution >= 4 is 16.9 Å². The van der Waals surface area contributed by atoms with Crippen LogP contribution in [0.4, 0.5) is 4.39 Å². The van der Waals surface area contributed by atoms with Crippen molar-refractivity contribution in [3.05, 3.63) is 70.9 Å². The van der Waals surface area contributed by atoms with E-state index in [1.54, 1.807) is 13.8 Å². The standard InChI is InChI=1S/C30H40FN3O2/c1-21-18-32(19-22(2)34(21)20-30(4,5)31)15-16-33-23(3)27(26-9-7-8-10-28(26)33)17-24-11-13-25(14-12-24)29(35)36-6/h7-14,21-22H,15-20H2,1-6H3/t21-,22+. The number of para-hydroxylation sites is 1. The van der Waals surface area contributed by atoms with Gasteiger partial charge in [0.05, 0.1) is 12.7 Å². The number of nitrogens with zero attached hydrogens (tertiary/aromatic N) is 3. The largest absolute Gasteiger partial charge is 0.465 e. The number of ether oxygens (including phenoxy) is 1. The second kappa shape index (κ2) is 10.7. The third-order valence-corrected chi connectivity index (χ3v) is 7.49. The molecule has 0 N–H and O–H groups in total. The Labute approximate surface area is 214 Å². The highest BCUT2D eigenvalue weighted by Crippen LogP contribution is 2.29. The van der Waals surface area contributed by atoms with Crippen molar-refractivity contribution in [2.75, 3.05) is 33.3 Å². The second-order valence-electron chi connectivity index (χ2n) is 10.9. The number of carbonyl (C=O) groups excluding carboxylic acids is 1. The van der Waals surface area contributed by atoms with Gasteiger partial charge < -0.3 is 9.30 Å². The van der Waals surface area contributed by atoms with Gasteiger partial charge in [0.2, 0.25) is 0 Å². The molecule has 1 aliphatic rings. The fraction of sp³-hybridized carbons (Fsp3) is 0.500. The summed E-state index contributed by atoms with van der Waals surface area (Å²) in [5, 5.41) is 1.28. The van der Waals surface area contributed by atoms with E-state index in [1.165, 1.54) is 34.8 Å². The van der Waals surface area contributed by atoms with Crippen molar-refractivity contribution in [3.8, 4) is 0 Å². The predicted molar refractivity (Wildman–Crippen MR) is 145 cm³/mol. The zero-order chi connectivity index (χ0) is 26.0. The zero-order valence-corrected chi connectivity index (χ0v) is 22.6. The molecule has 194 valence electrons. The van der Waals surface area contributed by atoms with Crippen LogP contribution < -0.4 is 0 Å². The Morgan fingerprint density at radius 1 is 1.03 bits per heavy atom. The number of esters is 1. The number of hydrogen-bond acceptors (Lipinski definition) is 4. The SMILES string of the molecule is COC(=O)c1ccc(Cc2c(C)n(CCN3C[C@@H](C)N(CC(C)(C)F)[C@@H](C)C3)c3ccccc23)cc1. The van der Waals surface area contributed by atoms with Crippen molar-refractivity contribution in [3.63, 3.8) is 0 Å². The molecule has 6 heteroatoms. The number of halogens is 1. The average molecular weight is 494 g/mol. The Morgan fingerprint density at radius 2 is 1.67 bits per heavy atom. The molecule has 4 rings (SSSR count). The molecule has 2 atom stereocenters. The Balaban J connectivity index is 1.50. The number of methoxy groups -OCH3 is 1. The van der Waals surface area contributed by atoms with Crippen molar-refractivity contribution in [2.45, 2.75) is 65.3 Å². The molecule has 1 saturated heterocycles. The molecule has 0 bridgehead atoms. The molecule has 2 heterocycles. The van der Waals surface area contributed by atoms with Gasteiger partial charge in [-0.3, -0.25) is 9.80 Å². The first-order chi connectivity index (χ1) is 17.1. The van der Waals surface area contributed by atoms with Crippen molar-refractivity contribution in [2.24, 2.45) is 0 Å². The van der Waals surface area contributed by atoms with Crippen LogP contribution >= 0.6 is 0 Å². The smallest absolute Gasteiger partial charge is 0.337 e. The van der Waals surface area contributed by atoms with Crippen LogP contribution in [0.1, 0.15) is 54.9 Å². The molecule has 0 saturated carbocycles. The molecule has 1 aliphatic heterocycles. The maximum atomic E-state index is 14.3. The normalized spacial score (nSPS) is 19.6. The number of aromatic nitrogens is 1. The number of piperazine rings is 1. The lowest BCUT2D eigenvalue weighted by Gasteiger charge is -2.46. The molecule has 0 spiro atoms. The van der Waals surface area contributed by atoms with Gasteiger partial charge in [0.25, 0.3) is 0 Å². The molecule has 0 radical (unpaired) electrons. The van der Waals surface area contributed by atoms with E-state index < -0.39 is 5.67 Å². The van der Waals surface area contributed by atoms with Crippen LogP contribution in [0.25, 0.3) is 10.9 Å². The highest BCUT2D eigenvalue weighted by molar-refractivity contribution is 5.89. The number of carbonyl (C=O) groups is 1. The molecule has 2 aromatic carbocycles. The molecule has 36 heavy (non-hydrogen) atoms. The number of benzene rings is 2. The summed E-state index contributed by atoms with van der Waals surface area (Å²) in [6.45, 7) is 14.3. The number of hydrogen-bond donors (Lipinski definition) is 0. The van der Waals surface area contributed by atoms with E-state index in [-0.39, 0.29) is 5.97 Å². The fourth-order valence-electron chi connectivity index (χ4n) is 5.73. The maximum absolute atomic E-state index is 14.3. The minimum absolute atomic E-state index is 0.313. The first kappa shape index (κ1) is 26.4. The Bertz CT molecular complexity index is 1180. The zero-order valence-electron chi connectivity index (χ0n) is 22.6. The molecule has 1 aromatic heterocycles. The number of rotatable bonds is 8. The first-order valence-corrected chi connectivity index (χ1v) is 13.0. The highest BCUT2D eigenvalue weighted by atomic mass is 19.1. The Morgan fingerprint density at radius 3 is 2.28 bits per heavy atom. The predicted octanol–water partition coefficient (Wildman–Crippen LogP) is 5.47. The summed E-state index contributed by atoms with van der Waals surface area (Å²) in [7, 11) is 1.40. The first-order valence-electron chi connectivity index (χ1n) is 13.0. The molecule has 0 unspecified atom stereocenters. The van der Waals surface area contributed by atoms with E-state index in [9.17, 15) is 9.18 Å². The number of alkyl halides is 1. The second-order valence-corrected chi connectivity index (χ2v) is 10.9. The molecule has 0 aliphatic carbocycles. The Kier molecular flexibility index (Phi) is 7.86. The lowest BCUT2D eigenvalue weighted by Crippen LogP contribution is -2.59. The summed E-state index contributed by atoms with van der Waals surface area (Å²) in [4.78, 5) is 16.6. The van der Waals surface area contributed by atoms with Crippen LogP contribution in [0.5, 0.6) is 0 Å². The van der Waals surface area contributed by atoms with E-state index >= 15 is 0 Å². The molecule has 0 amide bonds. The van der Waals surface area contributed by atoms with Gasteiger partial charge in [0.1, 0.15) is 5.67 Å². The van der Waals surface area contributed by atoms with E-state index in [2.05, 4.69) is 59.4 Å². The Hall–Kier alpha value is -2.70. The van der Waals surface area contributed by atoms with Crippen LogP contribution in [-0.2, 0) is 17.7 Å². The van der Waals surface area contributed by atoms with Gasteiger partial charge in [-0.2, -0.15) is 0 Å². The fourth-order valence-corrected chi connectivity index (χ4v) is 5.73. The minimum Gasteiger partial charge on any atom is -0.465 e. The lowest BCUT2D eigenvalue weighted by molar-refractivity contribution is 0.00259. The van der Waals surface area contributed by atoms with E-state index in [0.717, 1.165) is 32.6 Å². The van der Waals surface area contributed by atoms with Gasteiger partial charge in [-0.25, -0.2) is 9.18 Å². The van der Waals surface area contributed by atoms with Crippen molar-refractivity contribution in [1.29, 1.82) is 0 Å². The van der Waals surface area contributed by atoms with Gasteiger partial charge in [-0.15, -0.1) is 0 Å². The van der Waals surface area contributed by atoms with Crippen molar-refractivity contribution in [1.82, 2.24) is 14.4 Å². The van der Waals surface area contributed by atoms with Gasteiger partial charge in [-0.05, 0) is 70.4 Å². The van der Waals surface area contributed by atoms with E-state index in [0.29, 0.717) is 24.2 Å². The molecule has 1 fully saturated rings. The van der Waals surface area contributed by atoms with Crippen LogP contribution in [0.15, 0.2) is 48.5 Å². The van der Waals surface area contributed by atoms with Crippen LogP contribution in [0.2, 0.25) is 0 Å². The summed E-state index contributed by atoms with van der Waals surface area (Å²) in [6.07, 6.45) is 0.812. The van der Waals surface area contributed by atoms with Gasteiger partial charge in [-0.1, -0.05) is 30.3 Å². The van der Waals surface area contributed by atoms with E-state index in [4.69, 9.17) is 4.74 Å². The monoisotopic (exact) mass is 493 g/mol. The quantitative estimate of drug-likeness (QED) is 0.390. The summed E-state index contributed by atoms with van der Waals surface area (Å²) in [5.74, 6) is -0.313. The van der Waals surface area contributed by atoms with Crippen LogP contribution in [0.3, 0.4) is 0 Å². The van der Waals surface area contributed by atoms with Gasteiger partial charge in [0, 0.05) is 61.4 Å². The molecular formula is C30H40FN3O2. The molecule has 5 nitrogen and oxygen atoms in total. The topological polar surface area (TPSA) is 37.7 Å². The van der Waals surface area contributed by atoms with Crippen LogP contribution in [0, 0.1) is 6.92 Å². The third kappa shape index (κ3) is 5.81. The minimum atomic E-state index is -1.18. The molecular weight excluding hydrogens is 453 g/mol. The highest BCUT2D eigenvalue weighted by Gasteiger charge is 2.33. The van der Waals surface area contributed by atoms with Crippen molar-refractivity contribution < 1.29 is 13.9 Å². The maximum Gasteiger partial charge on any atom is 0.337 e. The van der Waals surface area contributed by atoms with Gasteiger partial charge >= 0.3 is 5.97 Å². The lowest BCUT2D eigenvalue weighted by atomic mass is 10.0.